The van der Waals surface area contributed by atoms with Crippen molar-refractivity contribution in [3.63, 3.8) is 0 Å². The van der Waals surface area contributed by atoms with Crippen LogP contribution in [0.5, 0.6) is 0 Å². The molecule has 3 N–H and O–H groups in total. The highest BCUT2D eigenvalue weighted by Crippen LogP contribution is 2.45. The van der Waals surface area contributed by atoms with E-state index in [0.29, 0.717) is 25.7 Å². The van der Waals surface area contributed by atoms with Crippen molar-refractivity contribution in [3.8, 4) is 0 Å². The van der Waals surface area contributed by atoms with Gasteiger partial charge in [0.15, 0.2) is 12.2 Å². The number of hydrogen-bond donors (Lipinski definition) is 3. The average Bonchev–Trinajstić information content (AvgIpc) is 2.15. The molecule has 0 saturated carbocycles. The summed E-state index contributed by atoms with van der Waals surface area (Å²) in [5, 5.41) is 10.6. The number of ether oxygens (including phenoxy) is 4. The third kappa shape index (κ3) is 66.8. The Balaban J connectivity index is 5.33. The van der Waals surface area contributed by atoms with Crippen molar-refractivity contribution in [2.45, 2.75) is 329 Å². The lowest BCUT2D eigenvalue weighted by molar-refractivity contribution is -0.161. The molecule has 19 heteroatoms. The highest BCUT2D eigenvalue weighted by Gasteiger charge is 2.30. The number of aliphatic hydroxyl groups excluding tert-OH is 1. The summed E-state index contributed by atoms with van der Waals surface area (Å²) in [6.45, 7) is 4.63. The molecule has 544 valence electrons. The first kappa shape index (κ1) is 90.2. The molecule has 94 heavy (non-hydrogen) atoms. The second-order valence-electron chi connectivity index (χ2n) is 24.5. The van der Waals surface area contributed by atoms with Gasteiger partial charge in [0.25, 0.3) is 0 Å². The Labute approximate surface area is 570 Å². The van der Waals surface area contributed by atoms with E-state index in [4.69, 9.17) is 37.0 Å². The van der Waals surface area contributed by atoms with Crippen molar-refractivity contribution in [2.75, 3.05) is 39.6 Å². The minimum absolute atomic E-state index is 0.0802. The standard InChI is InChI=1S/C75H132O17P2/c1-5-9-13-17-21-25-29-32-33-34-35-38-41-44-48-52-56-60-73(78)86-66-71(92-75(80)62-58-54-50-46-42-37-31-27-23-19-15-11-7-3)68-90-94(83,84)88-64-69(76)63-87-93(81,82)89-67-70(91-74(79)61-57-53-49-45-39-28-24-20-16-12-8-4)65-85-72(77)59-55-51-47-43-40-36-30-26-22-18-14-10-6-2/h9,13-14,18,21,25-27,30-33,35,38,69-71,76H,5-8,10-12,15-17,19-20,22-24,28-29,34,36-37,39-68H2,1-4H3,(H,81,82)(H,83,84)/b13-9-,18-14-,25-21-,30-26-,31-27-,33-32-,38-35-. The largest absolute Gasteiger partial charge is 0.472 e. The summed E-state index contributed by atoms with van der Waals surface area (Å²) >= 11 is 0. The molecule has 0 aliphatic heterocycles. The summed E-state index contributed by atoms with van der Waals surface area (Å²) in [6.07, 6.45) is 67.3. The van der Waals surface area contributed by atoms with Gasteiger partial charge in [0.1, 0.15) is 19.3 Å². The quantitative estimate of drug-likeness (QED) is 0.0169. The first-order valence-corrected chi connectivity index (χ1v) is 39.8. The van der Waals surface area contributed by atoms with Crippen LogP contribution in [0.4, 0.5) is 0 Å². The molecule has 0 spiro atoms. The number of phosphoric acid groups is 2. The van der Waals surface area contributed by atoms with Crippen LogP contribution in [-0.4, -0.2) is 96.7 Å². The van der Waals surface area contributed by atoms with E-state index in [1.165, 1.54) is 64.2 Å². The maximum atomic E-state index is 13.0. The SMILES string of the molecule is CC/C=C\C/C=C\C/C=C\C/C=C\CCCCCCC(=O)OCC(COP(=O)(O)OCC(O)COP(=O)(O)OCC(COC(=O)CCCCCCC/C=C\C/C=C\CCC)OC(=O)CCCCCCCCCCCCC)OC(=O)CCCCCCC/C=C\CCCCCC. The fourth-order valence-electron chi connectivity index (χ4n) is 9.71. The maximum absolute atomic E-state index is 13.0. The van der Waals surface area contributed by atoms with Crippen LogP contribution in [0, 0.1) is 0 Å². The Bertz CT molecular complexity index is 2120. The van der Waals surface area contributed by atoms with Gasteiger partial charge in [-0.15, -0.1) is 0 Å². The van der Waals surface area contributed by atoms with Gasteiger partial charge in [-0.1, -0.05) is 254 Å². The van der Waals surface area contributed by atoms with Gasteiger partial charge in [-0.2, -0.15) is 0 Å². The minimum Gasteiger partial charge on any atom is -0.462 e. The monoisotopic (exact) mass is 1370 g/mol. The van der Waals surface area contributed by atoms with Crippen molar-refractivity contribution in [3.05, 3.63) is 85.1 Å². The number of rotatable bonds is 69. The van der Waals surface area contributed by atoms with E-state index in [9.17, 15) is 43.2 Å². The zero-order chi connectivity index (χ0) is 69.0. The predicted octanol–water partition coefficient (Wildman–Crippen LogP) is 20.7. The van der Waals surface area contributed by atoms with Crippen molar-refractivity contribution in [1.29, 1.82) is 0 Å². The fraction of sp³-hybridized carbons (Fsp3) is 0.760. The zero-order valence-electron chi connectivity index (χ0n) is 59.1. The van der Waals surface area contributed by atoms with E-state index >= 15 is 0 Å². The van der Waals surface area contributed by atoms with Crippen molar-refractivity contribution in [2.24, 2.45) is 0 Å². The molecule has 5 atom stereocenters. The van der Waals surface area contributed by atoms with Crippen LogP contribution in [0.1, 0.15) is 310 Å². The lowest BCUT2D eigenvalue weighted by Crippen LogP contribution is -2.30. The van der Waals surface area contributed by atoms with Gasteiger partial charge in [-0.05, 0) is 116 Å². The van der Waals surface area contributed by atoms with Gasteiger partial charge in [-0.3, -0.25) is 37.3 Å². The zero-order valence-corrected chi connectivity index (χ0v) is 60.9. The van der Waals surface area contributed by atoms with E-state index in [1.54, 1.807) is 0 Å². The van der Waals surface area contributed by atoms with E-state index in [0.717, 1.165) is 167 Å². The molecule has 0 heterocycles. The summed E-state index contributed by atoms with van der Waals surface area (Å²) in [4.78, 5) is 72.6. The molecule has 0 aromatic carbocycles. The van der Waals surface area contributed by atoms with Gasteiger partial charge in [0.05, 0.1) is 26.4 Å². The maximum Gasteiger partial charge on any atom is 0.472 e. The Morgan fingerprint density at radius 3 is 0.915 bits per heavy atom. The summed E-state index contributed by atoms with van der Waals surface area (Å²) in [6, 6.07) is 0. The number of hydrogen-bond acceptors (Lipinski definition) is 15. The molecule has 5 unspecified atom stereocenters. The van der Waals surface area contributed by atoms with Gasteiger partial charge >= 0.3 is 39.5 Å². The van der Waals surface area contributed by atoms with Gasteiger partial charge in [-0.25, -0.2) is 9.13 Å². The summed E-state index contributed by atoms with van der Waals surface area (Å²) in [7, 11) is -9.94. The number of unbranched alkanes of at least 4 members (excludes halogenated alkanes) is 29. The number of phosphoric ester groups is 2. The number of allylic oxidation sites excluding steroid dienone is 14. The lowest BCUT2D eigenvalue weighted by Gasteiger charge is -2.21. The first-order valence-electron chi connectivity index (χ1n) is 36.8. The van der Waals surface area contributed by atoms with Crippen molar-refractivity contribution >= 4 is 39.5 Å². The molecule has 0 amide bonds. The Kier molecular flexibility index (Phi) is 65.1. The fourth-order valence-corrected chi connectivity index (χ4v) is 11.3. The molecule has 0 rings (SSSR count). The third-order valence-corrected chi connectivity index (χ3v) is 17.2. The van der Waals surface area contributed by atoms with Crippen LogP contribution < -0.4 is 0 Å². The van der Waals surface area contributed by atoms with E-state index in [2.05, 4.69) is 113 Å². The van der Waals surface area contributed by atoms with E-state index in [1.807, 2.05) is 0 Å². The number of carbonyl (C=O) groups is 4. The van der Waals surface area contributed by atoms with Gasteiger partial charge in [0, 0.05) is 25.7 Å². The molecule has 0 fully saturated rings. The van der Waals surface area contributed by atoms with Gasteiger partial charge in [0.2, 0.25) is 0 Å². The molecule has 0 aromatic heterocycles. The minimum atomic E-state index is -4.97. The number of esters is 4. The predicted molar refractivity (Wildman–Crippen MR) is 381 cm³/mol. The van der Waals surface area contributed by atoms with Crippen LogP contribution in [0.3, 0.4) is 0 Å². The molecule has 0 aliphatic rings. The number of carbonyl (C=O) groups excluding carboxylic acids is 4. The van der Waals surface area contributed by atoms with Crippen LogP contribution in [0.2, 0.25) is 0 Å². The molecule has 0 saturated heterocycles. The van der Waals surface area contributed by atoms with Crippen LogP contribution in [-0.2, 0) is 65.4 Å². The summed E-state index contributed by atoms with van der Waals surface area (Å²) in [5.74, 6) is -2.21. The van der Waals surface area contributed by atoms with Gasteiger partial charge < -0.3 is 33.8 Å². The molecule has 17 nitrogen and oxygen atoms in total. The smallest absolute Gasteiger partial charge is 0.462 e. The first-order chi connectivity index (χ1) is 45.7. The second kappa shape index (κ2) is 67.8. The lowest BCUT2D eigenvalue weighted by atomic mass is 10.1. The van der Waals surface area contributed by atoms with Crippen LogP contribution in [0.25, 0.3) is 0 Å². The van der Waals surface area contributed by atoms with Crippen LogP contribution in [0.15, 0.2) is 85.1 Å². The Hall–Kier alpha value is -3.76. The number of aliphatic hydroxyl groups is 1. The second-order valence-corrected chi connectivity index (χ2v) is 27.4. The van der Waals surface area contributed by atoms with Crippen LogP contribution >= 0.6 is 15.6 Å². The molecule has 0 aromatic rings. The third-order valence-electron chi connectivity index (χ3n) is 15.3. The Morgan fingerprint density at radius 1 is 0.309 bits per heavy atom. The molecule has 0 bridgehead atoms. The van der Waals surface area contributed by atoms with Crippen molar-refractivity contribution in [1.82, 2.24) is 0 Å². The topological polar surface area (TPSA) is 237 Å². The van der Waals surface area contributed by atoms with E-state index < -0.39 is 97.5 Å². The molecular formula is C75H132O17P2. The molecule has 0 aliphatic carbocycles. The highest BCUT2D eigenvalue weighted by molar-refractivity contribution is 7.47. The summed E-state index contributed by atoms with van der Waals surface area (Å²) in [5.41, 5.74) is 0. The van der Waals surface area contributed by atoms with E-state index in [-0.39, 0.29) is 25.7 Å². The molecule has 0 radical (unpaired) electrons. The summed E-state index contributed by atoms with van der Waals surface area (Å²) < 4.78 is 68.3. The highest BCUT2D eigenvalue weighted by atomic mass is 31.2. The Morgan fingerprint density at radius 2 is 0.574 bits per heavy atom. The molecular weight excluding hydrogens is 1230 g/mol. The normalized spacial score (nSPS) is 14.5. The average molecular weight is 1370 g/mol. The van der Waals surface area contributed by atoms with Crippen molar-refractivity contribution < 1.29 is 80.2 Å².